The van der Waals surface area contributed by atoms with Crippen molar-refractivity contribution in [2.45, 2.75) is 13.5 Å². The van der Waals surface area contributed by atoms with Crippen molar-refractivity contribution in [3.05, 3.63) is 34.9 Å². The summed E-state index contributed by atoms with van der Waals surface area (Å²) in [6, 6.07) is 7.79. The van der Waals surface area contributed by atoms with Crippen molar-refractivity contribution >= 4 is 29.3 Å². The van der Waals surface area contributed by atoms with Crippen LogP contribution in [-0.4, -0.2) is 31.1 Å². The molecular formula is C13H20ClN3S. The average molecular weight is 286 g/mol. The second-order valence-corrected chi connectivity index (χ2v) is 5.10. The Hall–Kier alpha value is -0.870. The van der Waals surface area contributed by atoms with Crippen LogP contribution in [0.15, 0.2) is 29.3 Å². The van der Waals surface area contributed by atoms with E-state index in [0.29, 0.717) is 6.54 Å². The first-order valence-corrected chi connectivity index (χ1v) is 7.79. The van der Waals surface area contributed by atoms with Gasteiger partial charge in [0, 0.05) is 23.9 Å². The van der Waals surface area contributed by atoms with E-state index >= 15 is 0 Å². The molecule has 0 aliphatic carbocycles. The van der Waals surface area contributed by atoms with Gasteiger partial charge in [0.05, 0.1) is 6.54 Å². The molecule has 3 nitrogen and oxygen atoms in total. The Balaban J connectivity index is 2.56. The van der Waals surface area contributed by atoms with Crippen LogP contribution in [0.3, 0.4) is 0 Å². The van der Waals surface area contributed by atoms with E-state index < -0.39 is 0 Å². The van der Waals surface area contributed by atoms with Crippen LogP contribution in [0.2, 0.25) is 5.02 Å². The summed E-state index contributed by atoms with van der Waals surface area (Å²) >= 11 is 7.91. The Morgan fingerprint density at radius 1 is 1.33 bits per heavy atom. The van der Waals surface area contributed by atoms with E-state index in [1.54, 1.807) is 0 Å². The van der Waals surface area contributed by atoms with Crippen molar-refractivity contribution in [2.24, 2.45) is 4.99 Å². The highest BCUT2D eigenvalue weighted by atomic mass is 35.5. The minimum absolute atomic E-state index is 0.592. The van der Waals surface area contributed by atoms with Gasteiger partial charge in [0.25, 0.3) is 0 Å². The molecular weight excluding hydrogens is 266 g/mol. The molecule has 0 saturated heterocycles. The standard InChI is InChI=1S/C13H20ClN3S/c1-3-15-13(16-8-9-18-2)17-10-11-6-4-5-7-12(11)14/h4-7H,3,8-10H2,1-2H3,(H2,15,16,17). The third-order valence-corrected chi connectivity index (χ3v) is 3.29. The molecule has 0 aliphatic rings. The van der Waals surface area contributed by atoms with Crippen LogP contribution >= 0.6 is 23.4 Å². The van der Waals surface area contributed by atoms with Crippen molar-refractivity contribution in [1.29, 1.82) is 0 Å². The molecule has 1 rings (SSSR count). The lowest BCUT2D eigenvalue weighted by Crippen LogP contribution is -2.38. The van der Waals surface area contributed by atoms with Gasteiger partial charge in [-0.15, -0.1) is 0 Å². The molecule has 0 aromatic heterocycles. The first kappa shape index (κ1) is 15.2. The van der Waals surface area contributed by atoms with E-state index in [2.05, 4.69) is 28.8 Å². The van der Waals surface area contributed by atoms with Crippen molar-refractivity contribution in [3.63, 3.8) is 0 Å². The van der Waals surface area contributed by atoms with E-state index in [-0.39, 0.29) is 0 Å². The zero-order valence-corrected chi connectivity index (χ0v) is 12.4. The predicted molar refractivity (Wildman–Crippen MR) is 82.7 cm³/mol. The topological polar surface area (TPSA) is 36.4 Å². The maximum absolute atomic E-state index is 6.10. The van der Waals surface area contributed by atoms with Crippen LogP contribution in [0.25, 0.3) is 0 Å². The van der Waals surface area contributed by atoms with E-state index in [0.717, 1.165) is 35.4 Å². The third-order valence-electron chi connectivity index (χ3n) is 2.31. The predicted octanol–water partition coefficient (Wildman–Crippen LogP) is 2.76. The molecule has 0 unspecified atom stereocenters. The van der Waals surface area contributed by atoms with E-state index in [4.69, 9.17) is 11.6 Å². The Bertz CT molecular complexity index is 382. The van der Waals surface area contributed by atoms with Crippen molar-refractivity contribution < 1.29 is 0 Å². The highest BCUT2D eigenvalue weighted by molar-refractivity contribution is 7.98. The summed E-state index contributed by atoms with van der Waals surface area (Å²) in [5, 5.41) is 7.27. The van der Waals surface area contributed by atoms with Gasteiger partial charge in [-0.3, -0.25) is 0 Å². The maximum atomic E-state index is 6.10. The number of thioether (sulfide) groups is 1. The molecule has 0 saturated carbocycles. The summed E-state index contributed by atoms with van der Waals surface area (Å²) in [5.74, 6) is 1.91. The van der Waals surface area contributed by atoms with E-state index in [9.17, 15) is 0 Å². The summed E-state index contributed by atoms with van der Waals surface area (Å²) in [7, 11) is 0. The van der Waals surface area contributed by atoms with Crippen LogP contribution in [0.5, 0.6) is 0 Å². The smallest absolute Gasteiger partial charge is 0.191 e. The van der Waals surface area contributed by atoms with Gasteiger partial charge in [-0.2, -0.15) is 11.8 Å². The zero-order valence-electron chi connectivity index (χ0n) is 10.9. The van der Waals surface area contributed by atoms with Gasteiger partial charge in [0.1, 0.15) is 0 Å². The minimum Gasteiger partial charge on any atom is -0.357 e. The quantitative estimate of drug-likeness (QED) is 0.479. The first-order chi connectivity index (χ1) is 8.77. The lowest BCUT2D eigenvalue weighted by Gasteiger charge is -2.10. The van der Waals surface area contributed by atoms with Gasteiger partial charge in [-0.05, 0) is 24.8 Å². The largest absolute Gasteiger partial charge is 0.357 e. The lowest BCUT2D eigenvalue weighted by molar-refractivity contribution is 0.843. The number of hydrogen-bond donors (Lipinski definition) is 2. The molecule has 0 radical (unpaired) electrons. The molecule has 2 N–H and O–H groups in total. The SMILES string of the molecule is CCNC(=NCc1ccccc1Cl)NCCSC. The zero-order chi connectivity index (χ0) is 13.2. The maximum Gasteiger partial charge on any atom is 0.191 e. The molecule has 0 aliphatic heterocycles. The van der Waals surface area contributed by atoms with Gasteiger partial charge in [0.15, 0.2) is 5.96 Å². The van der Waals surface area contributed by atoms with Crippen LogP contribution < -0.4 is 10.6 Å². The van der Waals surface area contributed by atoms with Gasteiger partial charge >= 0.3 is 0 Å². The first-order valence-electron chi connectivity index (χ1n) is 6.02. The molecule has 5 heteroatoms. The van der Waals surface area contributed by atoms with Crippen LogP contribution in [0.4, 0.5) is 0 Å². The van der Waals surface area contributed by atoms with Crippen LogP contribution in [0, 0.1) is 0 Å². The van der Waals surface area contributed by atoms with Gasteiger partial charge in [-0.1, -0.05) is 29.8 Å². The fraction of sp³-hybridized carbons (Fsp3) is 0.462. The fourth-order valence-electron chi connectivity index (χ4n) is 1.40. The number of rotatable bonds is 6. The number of nitrogens with one attached hydrogen (secondary N) is 2. The second kappa shape index (κ2) is 9.11. The van der Waals surface area contributed by atoms with Gasteiger partial charge in [0.2, 0.25) is 0 Å². The Kier molecular flexibility index (Phi) is 7.69. The number of benzene rings is 1. The third kappa shape index (κ3) is 5.65. The van der Waals surface area contributed by atoms with Crippen molar-refractivity contribution in [2.75, 3.05) is 25.1 Å². The molecule has 0 heterocycles. The normalized spacial score (nSPS) is 11.4. The van der Waals surface area contributed by atoms with Gasteiger partial charge in [-0.25, -0.2) is 4.99 Å². The van der Waals surface area contributed by atoms with Crippen LogP contribution in [0.1, 0.15) is 12.5 Å². The fourth-order valence-corrected chi connectivity index (χ4v) is 1.91. The summed E-state index contributed by atoms with van der Waals surface area (Å²) in [6.45, 7) is 4.42. The van der Waals surface area contributed by atoms with E-state index in [1.165, 1.54) is 0 Å². The number of aliphatic imine (C=N–C) groups is 1. The summed E-state index contributed by atoms with van der Waals surface area (Å²) in [6.07, 6.45) is 2.09. The van der Waals surface area contributed by atoms with Crippen molar-refractivity contribution in [3.8, 4) is 0 Å². The average Bonchev–Trinajstić information content (AvgIpc) is 2.38. The minimum atomic E-state index is 0.592. The highest BCUT2D eigenvalue weighted by Crippen LogP contribution is 2.15. The Morgan fingerprint density at radius 2 is 2.11 bits per heavy atom. The molecule has 0 atom stereocenters. The summed E-state index contributed by atoms with van der Waals surface area (Å²) < 4.78 is 0. The lowest BCUT2D eigenvalue weighted by atomic mass is 10.2. The summed E-state index contributed by atoms with van der Waals surface area (Å²) in [4.78, 5) is 4.52. The second-order valence-electron chi connectivity index (χ2n) is 3.71. The number of halogens is 1. The van der Waals surface area contributed by atoms with Crippen molar-refractivity contribution in [1.82, 2.24) is 10.6 Å². The molecule has 0 spiro atoms. The molecule has 0 bridgehead atoms. The molecule has 1 aromatic rings. The van der Waals surface area contributed by atoms with Gasteiger partial charge < -0.3 is 10.6 Å². The monoisotopic (exact) mass is 285 g/mol. The number of hydrogen-bond acceptors (Lipinski definition) is 2. The van der Waals surface area contributed by atoms with Crippen LogP contribution in [-0.2, 0) is 6.54 Å². The highest BCUT2D eigenvalue weighted by Gasteiger charge is 1.99. The number of guanidine groups is 1. The Morgan fingerprint density at radius 3 is 2.78 bits per heavy atom. The molecule has 18 heavy (non-hydrogen) atoms. The Labute approximate surface area is 118 Å². The molecule has 1 aromatic carbocycles. The molecule has 0 fully saturated rings. The van der Waals surface area contributed by atoms with E-state index in [1.807, 2.05) is 36.0 Å². The summed E-state index contributed by atoms with van der Waals surface area (Å²) in [5.41, 5.74) is 1.04. The molecule has 0 amide bonds. The number of nitrogens with zero attached hydrogens (tertiary/aromatic N) is 1. The molecule has 100 valence electrons.